The fraction of sp³-hybridized carbons (Fsp3) is 0.231. The number of carboxylic acids is 1. The summed E-state index contributed by atoms with van der Waals surface area (Å²) in [5.41, 5.74) is 2.74. The predicted octanol–water partition coefficient (Wildman–Crippen LogP) is 3.39. The zero-order valence-electron chi connectivity index (χ0n) is 9.40. The number of aromatic nitrogens is 1. The third-order valence-electron chi connectivity index (χ3n) is 2.77. The van der Waals surface area contributed by atoms with Gasteiger partial charge in [-0.05, 0) is 18.1 Å². The van der Waals surface area contributed by atoms with E-state index in [-0.39, 0.29) is 0 Å². The van der Waals surface area contributed by atoms with Gasteiger partial charge in [-0.2, -0.15) is 0 Å². The highest BCUT2D eigenvalue weighted by Gasteiger charge is 2.17. The van der Waals surface area contributed by atoms with Gasteiger partial charge in [0.2, 0.25) is 0 Å². The molecule has 0 aliphatic rings. The van der Waals surface area contributed by atoms with Gasteiger partial charge in [-0.3, -0.25) is 4.98 Å². The van der Waals surface area contributed by atoms with Crippen LogP contribution in [0.4, 0.5) is 0 Å². The number of pyridine rings is 1. The highest BCUT2D eigenvalue weighted by Crippen LogP contribution is 2.25. The number of rotatable bonds is 3. The van der Waals surface area contributed by atoms with Crippen molar-refractivity contribution in [2.45, 2.75) is 18.7 Å². The van der Waals surface area contributed by atoms with Gasteiger partial charge in [-0.25, -0.2) is 4.79 Å². The van der Waals surface area contributed by atoms with E-state index in [1.54, 1.807) is 0 Å². The Morgan fingerprint density at radius 2 is 2.12 bits per heavy atom. The van der Waals surface area contributed by atoms with Gasteiger partial charge in [0, 0.05) is 10.7 Å². The molecular weight excluding hydrogens is 282 g/mol. The van der Waals surface area contributed by atoms with Crippen molar-refractivity contribution in [2.75, 3.05) is 0 Å². The van der Waals surface area contributed by atoms with Crippen molar-refractivity contribution in [3.63, 3.8) is 0 Å². The van der Waals surface area contributed by atoms with Crippen LogP contribution in [0.3, 0.4) is 0 Å². The van der Waals surface area contributed by atoms with E-state index < -0.39 is 5.97 Å². The van der Waals surface area contributed by atoms with Gasteiger partial charge in [0.25, 0.3) is 0 Å². The summed E-state index contributed by atoms with van der Waals surface area (Å²) < 4.78 is 0. The Labute approximate surface area is 108 Å². The van der Waals surface area contributed by atoms with Crippen LogP contribution in [0.1, 0.15) is 28.5 Å². The van der Waals surface area contributed by atoms with Crippen LogP contribution in [-0.4, -0.2) is 16.1 Å². The number of nitrogens with zero attached hydrogens (tertiary/aromatic N) is 1. The molecule has 17 heavy (non-hydrogen) atoms. The van der Waals surface area contributed by atoms with Gasteiger partial charge >= 0.3 is 5.97 Å². The molecule has 3 nitrogen and oxygen atoms in total. The first-order valence-corrected chi connectivity index (χ1v) is 6.51. The molecule has 0 spiro atoms. The lowest BCUT2D eigenvalue weighted by atomic mass is 9.99. The van der Waals surface area contributed by atoms with Crippen molar-refractivity contribution < 1.29 is 9.90 Å². The van der Waals surface area contributed by atoms with E-state index in [4.69, 9.17) is 0 Å². The average molecular weight is 294 g/mol. The summed E-state index contributed by atoms with van der Waals surface area (Å²) in [5, 5.41) is 10.7. The van der Waals surface area contributed by atoms with Crippen LogP contribution in [0, 0.1) is 0 Å². The maximum Gasteiger partial charge on any atom is 0.336 e. The lowest BCUT2D eigenvalue weighted by Gasteiger charge is -2.11. The van der Waals surface area contributed by atoms with Crippen LogP contribution < -0.4 is 0 Å². The second-order valence-corrected chi connectivity index (χ2v) is 4.28. The normalized spacial score (nSPS) is 10.7. The molecular formula is C13H12BrNO2. The van der Waals surface area contributed by atoms with E-state index >= 15 is 0 Å². The maximum absolute atomic E-state index is 11.4. The number of hydrogen-bond acceptors (Lipinski definition) is 2. The van der Waals surface area contributed by atoms with E-state index in [1.165, 1.54) is 0 Å². The van der Waals surface area contributed by atoms with Gasteiger partial charge in [0.1, 0.15) is 0 Å². The molecule has 0 unspecified atom stereocenters. The summed E-state index contributed by atoms with van der Waals surface area (Å²) in [6, 6.07) is 7.35. The minimum atomic E-state index is -0.886. The standard InChI is InChI=1S/C13H12BrNO2/c1-2-8-11(7-14)15-10-6-4-3-5-9(10)12(8)13(16)17/h3-6H,2,7H2,1H3,(H,16,17). The zero-order valence-corrected chi connectivity index (χ0v) is 11.0. The van der Waals surface area contributed by atoms with Crippen LogP contribution in [0.15, 0.2) is 24.3 Å². The van der Waals surface area contributed by atoms with E-state index in [1.807, 2.05) is 31.2 Å². The molecule has 0 aliphatic carbocycles. The van der Waals surface area contributed by atoms with Gasteiger partial charge in [-0.1, -0.05) is 41.1 Å². The van der Waals surface area contributed by atoms with Crippen molar-refractivity contribution in [3.8, 4) is 0 Å². The van der Waals surface area contributed by atoms with Gasteiger partial charge in [-0.15, -0.1) is 0 Å². The smallest absolute Gasteiger partial charge is 0.336 e. The maximum atomic E-state index is 11.4. The molecule has 0 fully saturated rings. The van der Waals surface area contributed by atoms with Crippen LogP contribution in [0.2, 0.25) is 0 Å². The molecule has 1 N–H and O–H groups in total. The van der Waals surface area contributed by atoms with Crippen LogP contribution in [0.25, 0.3) is 10.9 Å². The molecule has 2 rings (SSSR count). The minimum Gasteiger partial charge on any atom is -0.478 e. The predicted molar refractivity (Wildman–Crippen MR) is 70.7 cm³/mol. The number of fused-ring (bicyclic) bond motifs is 1. The molecule has 0 saturated heterocycles. The first kappa shape index (κ1) is 12.0. The molecule has 0 radical (unpaired) electrons. The summed E-state index contributed by atoms with van der Waals surface area (Å²) in [6.45, 7) is 1.95. The topological polar surface area (TPSA) is 50.2 Å². The first-order valence-electron chi connectivity index (χ1n) is 5.38. The number of halogens is 1. The fourth-order valence-electron chi connectivity index (χ4n) is 2.04. The Morgan fingerprint density at radius 1 is 1.41 bits per heavy atom. The summed E-state index contributed by atoms with van der Waals surface area (Å²) in [5.74, 6) is -0.886. The molecule has 1 aromatic heterocycles. The van der Waals surface area contributed by atoms with Gasteiger partial charge in [0.15, 0.2) is 0 Å². The number of carboxylic acid groups (broad SMARTS) is 1. The number of aromatic carboxylic acids is 1. The Hall–Kier alpha value is -1.42. The molecule has 0 atom stereocenters. The summed E-state index contributed by atoms with van der Waals surface area (Å²) in [6.07, 6.45) is 0.667. The molecule has 1 heterocycles. The van der Waals surface area contributed by atoms with Crippen molar-refractivity contribution in [1.29, 1.82) is 0 Å². The highest BCUT2D eigenvalue weighted by molar-refractivity contribution is 9.08. The largest absolute Gasteiger partial charge is 0.478 e. The van der Waals surface area contributed by atoms with Crippen LogP contribution in [-0.2, 0) is 11.8 Å². The fourth-order valence-corrected chi connectivity index (χ4v) is 2.50. The van der Waals surface area contributed by atoms with E-state index in [2.05, 4.69) is 20.9 Å². The van der Waals surface area contributed by atoms with E-state index in [9.17, 15) is 9.90 Å². The molecule has 0 aliphatic heterocycles. The van der Waals surface area contributed by atoms with Crippen molar-refractivity contribution in [1.82, 2.24) is 4.98 Å². The summed E-state index contributed by atoms with van der Waals surface area (Å²) in [4.78, 5) is 15.9. The molecule has 1 aromatic carbocycles. The zero-order chi connectivity index (χ0) is 12.4. The van der Waals surface area contributed by atoms with Gasteiger partial charge < -0.3 is 5.11 Å². The number of benzene rings is 1. The van der Waals surface area contributed by atoms with Crippen LogP contribution in [0.5, 0.6) is 0 Å². The van der Waals surface area contributed by atoms with Crippen molar-refractivity contribution in [2.24, 2.45) is 0 Å². The number of alkyl halides is 1. The Kier molecular flexibility index (Phi) is 3.43. The number of hydrogen-bond donors (Lipinski definition) is 1. The Balaban J connectivity index is 2.90. The highest BCUT2D eigenvalue weighted by atomic mass is 79.9. The third kappa shape index (κ3) is 2.05. The van der Waals surface area contributed by atoms with Crippen molar-refractivity contribution in [3.05, 3.63) is 41.1 Å². The van der Waals surface area contributed by atoms with E-state index in [0.717, 1.165) is 16.8 Å². The second-order valence-electron chi connectivity index (χ2n) is 3.72. The summed E-state index contributed by atoms with van der Waals surface area (Å²) >= 11 is 3.36. The van der Waals surface area contributed by atoms with Crippen LogP contribution >= 0.6 is 15.9 Å². The summed E-state index contributed by atoms with van der Waals surface area (Å²) in [7, 11) is 0. The van der Waals surface area contributed by atoms with E-state index in [0.29, 0.717) is 22.7 Å². The third-order valence-corrected chi connectivity index (χ3v) is 3.30. The molecule has 0 amide bonds. The second kappa shape index (κ2) is 4.84. The minimum absolute atomic E-state index is 0.382. The Bertz CT molecular complexity index is 581. The molecule has 4 heteroatoms. The van der Waals surface area contributed by atoms with Crippen molar-refractivity contribution >= 4 is 32.8 Å². The SMILES string of the molecule is CCc1c(CBr)nc2ccccc2c1C(=O)O. The number of para-hydroxylation sites is 1. The molecule has 0 bridgehead atoms. The average Bonchev–Trinajstić information content (AvgIpc) is 2.35. The molecule has 0 saturated carbocycles. The molecule has 88 valence electrons. The lowest BCUT2D eigenvalue weighted by Crippen LogP contribution is -2.08. The lowest BCUT2D eigenvalue weighted by molar-refractivity contribution is 0.0697. The first-order chi connectivity index (χ1) is 8.19. The monoisotopic (exact) mass is 293 g/mol. The quantitative estimate of drug-likeness (QED) is 0.883. The Morgan fingerprint density at radius 3 is 2.71 bits per heavy atom. The molecule has 2 aromatic rings. The van der Waals surface area contributed by atoms with Gasteiger partial charge in [0.05, 0.1) is 16.8 Å². The number of carbonyl (C=O) groups is 1.